The van der Waals surface area contributed by atoms with E-state index in [0.717, 1.165) is 42.5 Å². The van der Waals surface area contributed by atoms with E-state index >= 15 is 0 Å². The summed E-state index contributed by atoms with van der Waals surface area (Å²) in [5.74, 6) is 0. The predicted octanol–water partition coefficient (Wildman–Crippen LogP) is 6.72. The number of rotatable bonds is 5. The first-order valence-electron chi connectivity index (χ1n) is 6.66. The fraction of sp³-hybridized carbons (Fsp3) is 0.250. The van der Waals surface area contributed by atoms with E-state index in [1.165, 1.54) is 0 Å². The molecule has 2 aromatic rings. The van der Waals surface area contributed by atoms with Crippen molar-refractivity contribution < 1.29 is 0 Å². The van der Waals surface area contributed by atoms with Gasteiger partial charge < -0.3 is 5.32 Å². The molecule has 0 aliphatic carbocycles. The molecule has 0 fully saturated rings. The highest BCUT2D eigenvalue weighted by atomic mass is 79.9. The van der Waals surface area contributed by atoms with Gasteiger partial charge in [0.05, 0.1) is 11.1 Å². The zero-order chi connectivity index (χ0) is 15.4. The molecule has 2 rings (SSSR count). The lowest BCUT2D eigenvalue weighted by atomic mass is 9.98. The molecule has 112 valence electrons. The minimum absolute atomic E-state index is 0.0434. The van der Waals surface area contributed by atoms with Crippen molar-refractivity contribution in [3.05, 3.63) is 66.0 Å². The van der Waals surface area contributed by atoms with Crippen molar-refractivity contribution >= 4 is 59.4 Å². The van der Waals surface area contributed by atoms with E-state index in [-0.39, 0.29) is 6.04 Å². The van der Waals surface area contributed by atoms with Gasteiger partial charge in [0.15, 0.2) is 0 Å². The predicted molar refractivity (Wildman–Crippen MR) is 101 cm³/mol. The molecule has 0 saturated heterocycles. The third-order valence-corrected chi connectivity index (χ3v) is 5.69. The highest BCUT2D eigenvalue weighted by Gasteiger charge is 2.20. The van der Waals surface area contributed by atoms with Gasteiger partial charge in [0.2, 0.25) is 0 Å². The Hall–Kier alpha value is 0.130. The molecule has 1 nitrogen and oxygen atoms in total. The minimum Gasteiger partial charge on any atom is -0.306 e. The van der Waals surface area contributed by atoms with Crippen LogP contribution in [0.3, 0.4) is 0 Å². The molecule has 0 aliphatic heterocycles. The SMILES string of the molecule is CCCNC(c1cc(Br)ccc1Br)c1cccc(Br)c1Cl. The van der Waals surface area contributed by atoms with Gasteiger partial charge in [-0.2, -0.15) is 0 Å². The molecule has 0 amide bonds. The summed E-state index contributed by atoms with van der Waals surface area (Å²) in [4.78, 5) is 0. The quantitative estimate of drug-likeness (QED) is 0.485. The van der Waals surface area contributed by atoms with Crippen molar-refractivity contribution in [1.82, 2.24) is 5.32 Å². The van der Waals surface area contributed by atoms with Crippen LogP contribution in [0.15, 0.2) is 49.8 Å². The van der Waals surface area contributed by atoms with Crippen LogP contribution in [0.2, 0.25) is 5.02 Å². The summed E-state index contributed by atoms with van der Waals surface area (Å²) in [6.07, 6.45) is 1.06. The van der Waals surface area contributed by atoms with E-state index in [9.17, 15) is 0 Å². The van der Waals surface area contributed by atoms with Crippen LogP contribution in [0.1, 0.15) is 30.5 Å². The van der Waals surface area contributed by atoms with Crippen molar-refractivity contribution in [1.29, 1.82) is 0 Å². The zero-order valence-electron chi connectivity index (χ0n) is 11.5. The number of benzene rings is 2. The average molecular weight is 496 g/mol. The van der Waals surface area contributed by atoms with E-state index in [1.807, 2.05) is 24.3 Å². The second-order valence-electron chi connectivity index (χ2n) is 4.70. The molecule has 0 saturated carbocycles. The molecule has 0 radical (unpaired) electrons. The largest absolute Gasteiger partial charge is 0.306 e. The van der Waals surface area contributed by atoms with Gasteiger partial charge in [-0.1, -0.05) is 62.5 Å². The van der Waals surface area contributed by atoms with Gasteiger partial charge in [-0.05, 0) is 64.3 Å². The molecule has 1 N–H and O–H groups in total. The van der Waals surface area contributed by atoms with Crippen molar-refractivity contribution in [2.75, 3.05) is 6.54 Å². The maximum absolute atomic E-state index is 6.50. The van der Waals surface area contributed by atoms with Gasteiger partial charge in [0.1, 0.15) is 0 Å². The summed E-state index contributed by atoms with van der Waals surface area (Å²) in [7, 11) is 0. The average Bonchev–Trinajstić information content (AvgIpc) is 2.47. The maximum Gasteiger partial charge on any atom is 0.0603 e. The fourth-order valence-electron chi connectivity index (χ4n) is 2.16. The van der Waals surface area contributed by atoms with E-state index in [0.29, 0.717) is 0 Å². The van der Waals surface area contributed by atoms with Crippen molar-refractivity contribution in [3.63, 3.8) is 0 Å². The van der Waals surface area contributed by atoms with Crippen LogP contribution in [0.5, 0.6) is 0 Å². The third-order valence-electron chi connectivity index (χ3n) is 3.16. The number of hydrogen-bond acceptors (Lipinski definition) is 1. The zero-order valence-corrected chi connectivity index (χ0v) is 17.0. The normalized spacial score (nSPS) is 12.4. The molecule has 0 spiro atoms. The second kappa shape index (κ2) is 8.11. The molecule has 0 aliphatic rings. The minimum atomic E-state index is 0.0434. The Balaban J connectivity index is 2.52. The van der Waals surface area contributed by atoms with Gasteiger partial charge in [-0.15, -0.1) is 0 Å². The first kappa shape index (κ1) is 17.5. The Morgan fingerprint density at radius 3 is 2.52 bits per heavy atom. The van der Waals surface area contributed by atoms with Crippen LogP contribution in [0.25, 0.3) is 0 Å². The van der Waals surface area contributed by atoms with Crippen LogP contribution < -0.4 is 5.32 Å². The standard InChI is InChI=1S/C16H15Br3ClN/c1-2-8-21-16(11-4-3-5-14(19)15(11)20)12-9-10(17)6-7-13(12)18/h3-7,9,16,21H,2,8H2,1H3. The van der Waals surface area contributed by atoms with Crippen molar-refractivity contribution in [3.8, 4) is 0 Å². The van der Waals surface area contributed by atoms with Crippen LogP contribution in [0.4, 0.5) is 0 Å². The molecule has 21 heavy (non-hydrogen) atoms. The topological polar surface area (TPSA) is 12.0 Å². The van der Waals surface area contributed by atoms with Crippen LogP contribution >= 0.6 is 59.4 Å². The molecule has 0 aromatic heterocycles. The van der Waals surface area contributed by atoms with Crippen molar-refractivity contribution in [2.24, 2.45) is 0 Å². The summed E-state index contributed by atoms with van der Waals surface area (Å²) >= 11 is 17.2. The molecule has 1 unspecified atom stereocenters. The number of hydrogen-bond donors (Lipinski definition) is 1. The summed E-state index contributed by atoms with van der Waals surface area (Å²) in [5, 5.41) is 4.33. The Morgan fingerprint density at radius 2 is 1.81 bits per heavy atom. The monoisotopic (exact) mass is 493 g/mol. The lowest BCUT2D eigenvalue weighted by molar-refractivity contribution is 0.596. The molecule has 1 atom stereocenters. The highest BCUT2D eigenvalue weighted by molar-refractivity contribution is 9.11. The summed E-state index contributed by atoms with van der Waals surface area (Å²) in [6, 6.07) is 12.3. The molecular weight excluding hydrogens is 481 g/mol. The summed E-state index contributed by atoms with van der Waals surface area (Å²) in [6.45, 7) is 3.08. The fourth-order valence-corrected chi connectivity index (χ4v) is 3.63. The first-order chi connectivity index (χ1) is 10.0. The lowest BCUT2D eigenvalue weighted by Crippen LogP contribution is -2.24. The van der Waals surface area contributed by atoms with E-state index in [2.05, 4.69) is 72.2 Å². The Morgan fingerprint density at radius 1 is 1.05 bits per heavy atom. The maximum atomic E-state index is 6.50. The van der Waals surface area contributed by atoms with E-state index in [4.69, 9.17) is 11.6 Å². The Bertz CT molecular complexity index is 629. The van der Waals surface area contributed by atoms with E-state index in [1.54, 1.807) is 0 Å². The Kier molecular flexibility index (Phi) is 6.76. The smallest absolute Gasteiger partial charge is 0.0603 e. The Labute approximate surface area is 155 Å². The molecular formula is C16H15Br3ClN. The van der Waals surface area contributed by atoms with Gasteiger partial charge in [0.25, 0.3) is 0 Å². The third kappa shape index (κ3) is 4.32. The van der Waals surface area contributed by atoms with Gasteiger partial charge in [-0.3, -0.25) is 0 Å². The number of halogens is 4. The molecule has 0 bridgehead atoms. The van der Waals surface area contributed by atoms with Gasteiger partial charge in [-0.25, -0.2) is 0 Å². The lowest BCUT2D eigenvalue weighted by Gasteiger charge is -2.22. The highest BCUT2D eigenvalue weighted by Crippen LogP contribution is 2.36. The van der Waals surface area contributed by atoms with E-state index < -0.39 is 0 Å². The number of nitrogens with one attached hydrogen (secondary N) is 1. The van der Waals surface area contributed by atoms with Crippen LogP contribution in [-0.4, -0.2) is 6.54 Å². The van der Waals surface area contributed by atoms with Gasteiger partial charge in [0, 0.05) is 13.4 Å². The summed E-state index contributed by atoms with van der Waals surface area (Å²) < 4.78 is 3.03. The molecule has 2 aromatic carbocycles. The first-order valence-corrected chi connectivity index (χ1v) is 9.42. The van der Waals surface area contributed by atoms with Crippen molar-refractivity contribution in [2.45, 2.75) is 19.4 Å². The molecule has 5 heteroatoms. The molecule has 0 heterocycles. The van der Waals surface area contributed by atoms with Crippen LogP contribution in [-0.2, 0) is 0 Å². The van der Waals surface area contributed by atoms with Crippen LogP contribution in [0, 0.1) is 0 Å². The summed E-state index contributed by atoms with van der Waals surface area (Å²) in [5.41, 5.74) is 2.23. The van der Waals surface area contributed by atoms with Gasteiger partial charge >= 0.3 is 0 Å². The second-order valence-corrected chi connectivity index (χ2v) is 7.70.